The van der Waals surface area contributed by atoms with E-state index in [0.717, 1.165) is 26.5 Å². The van der Waals surface area contributed by atoms with Crippen LogP contribution in [0.2, 0.25) is 0 Å². The Labute approximate surface area is 146 Å². The van der Waals surface area contributed by atoms with Crippen LogP contribution in [0.4, 0.5) is 0 Å². The molecule has 0 atom stereocenters. The fourth-order valence-electron chi connectivity index (χ4n) is 2.20. The van der Waals surface area contributed by atoms with Gasteiger partial charge in [-0.2, -0.15) is 0 Å². The first kappa shape index (κ1) is 16.3. The molecule has 20 heavy (non-hydrogen) atoms. The van der Waals surface area contributed by atoms with Crippen LogP contribution in [-0.4, -0.2) is 16.7 Å². The molecule has 0 fully saturated rings. The van der Waals surface area contributed by atoms with Gasteiger partial charge in [-0.3, -0.25) is 4.98 Å². The number of rotatable bonds is 5. The van der Waals surface area contributed by atoms with Crippen LogP contribution < -0.4 is 0 Å². The molecule has 0 aliphatic carbocycles. The minimum atomic E-state index is -0.314. The first-order valence-corrected chi connectivity index (χ1v) is 8.73. The van der Waals surface area contributed by atoms with Gasteiger partial charge in [0.25, 0.3) is 0 Å². The summed E-state index contributed by atoms with van der Waals surface area (Å²) < 4.78 is 1.99. The molecule has 0 unspecified atom stereocenters. The molecular formula is C15H13Br2Cl2N. The van der Waals surface area contributed by atoms with E-state index in [0.29, 0.717) is 11.8 Å². The lowest BCUT2D eigenvalue weighted by Crippen LogP contribution is -2.33. The van der Waals surface area contributed by atoms with Crippen LogP contribution in [0.5, 0.6) is 0 Å². The van der Waals surface area contributed by atoms with Gasteiger partial charge in [-0.25, -0.2) is 0 Å². The van der Waals surface area contributed by atoms with Gasteiger partial charge in [0.15, 0.2) is 0 Å². The number of alkyl halides is 2. The van der Waals surface area contributed by atoms with Gasteiger partial charge < -0.3 is 0 Å². The van der Waals surface area contributed by atoms with Crippen molar-refractivity contribution >= 4 is 55.1 Å². The van der Waals surface area contributed by atoms with Crippen LogP contribution >= 0.6 is 55.1 Å². The Morgan fingerprint density at radius 2 is 1.75 bits per heavy atom. The normalized spacial score (nSPS) is 11.6. The zero-order valence-corrected chi connectivity index (χ0v) is 15.3. The summed E-state index contributed by atoms with van der Waals surface area (Å²) in [6.45, 7) is 0. The second-order valence-corrected chi connectivity index (χ2v) is 7.02. The molecule has 0 radical (unpaired) electrons. The van der Waals surface area contributed by atoms with Crippen LogP contribution in [0.15, 0.2) is 51.7 Å². The monoisotopic (exact) mass is 435 g/mol. The largest absolute Gasteiger partial charge is 0.263 e. The zero-order chi connectivity index (χ0) is 14.6. The second-order valence-electron chi connectivity index (χ2n) is 4.72. The summed E-state index contributed by atoms with van der Waals surface area (Å²) in [5.74, 6) is 0.900. The Bertz CT molecular complexity index is 586. The molecule has 1 aromatic heterocycles. The molecule has 0 N–H and O–H groups in total. The third kappa shape index (κ3) is 3.56. The van der Waals surface area contributed by atoms with Crippen molar-refractivity contribution in [2.24, 2.45) is 0 Å². The first-order chi connectivity index (χ1) is 9.61. The van der Waals surface area contributed by atoms with E-state index in [-0.39, 0.29) is 5.41 Å². The van der Waals surface area contributed by atoms with E-state index >= 15 is 0 Å². The first-order valence-electron chi connectivity index (χ1n) is 6.08. The Morgan fingerprint density at radius 3 is 2.35 bits per heavy atom. The van der Waals surface area contributed by atoms with Crippen LogP contribution in [0.25, 0.3) is 0 Å². The van der Waals surface area contributed by atoms with E-state index in [1.54, 1.807) is 6.20 Å². The summed E-state index contributed by atoms with van der Waals surface area (Å²) in [6, 6.07) is 10.1. The molecule has 5 heteroatoms. The van der Waals surface area contributed by atoms with Gasteiger partial charge in [-0.05, 0) is 45.6 Å². The van der Waals surface area contributed by atoms with Crippen molar-refractivity contribution in [2.45, 2.75) is 11.8 Å². The number of benzene rings is 1. The van der Waals surface area contributed by atoms with Crippen LogP contribution in [-0.2, 0) is 11.8 Å². The van der Waals surface area contributed by atoms with E-state index in [4.69, 9.17) is 23.2 Å². The van der Waals surface area contributed by atoms with Crippen molar-refractivity contribution in [2.75, 3.05) is 11.8 Å². The van der Waals surface area contributed by atoms with Crippen molar-refractivity contribution in [1.82, 2.24) is 4.98 Å². The third-order valence-corrected chi connectivity index (χ3v) is 5.41. The average Bonchev–Trinajstić information content (AvgIpc) is 2.46. The fraction of sp³-hybridized carbons (Fsp3) is 0.267. The maximum Gasteiger partial charge on any atom is 0.0410 e. The summed E-state index contributed by atoms with van der Waals surface area (Å²) >= 11 is 19.6. The summed E-state index contributed by atoms with van der Waals surface area (Å²) in [5.41, 5.74) is 1.92. The number of aromatic nitrogens is 1. The van der Waals surface area contributed by atoms with E-state index in [1.807, 2.05) is 24.4 Å². The summed E-state index contributed by atoms with van der Waals surface area (Å²) in [4.78, 5) is 4.21. The molecule has 0 bridgehead atoms. The highest BCUT2D eigenvalue weighted by Crippen LogP contribution is 2.36. The number of hydrogen-bond acceptors (Lipinski definition) is 1. The zero-order valence-electron chi connectivity index (χ0n) is 10.6. The van der Waals surface area contributed by atoms with Gasteiger partial charge in [-0.15, -0.1) is 23.2 Å². The van der Waals surface area contributed by atoms with Gasteiger partial charge >= 0.3 is 0 Å². The molecule has 0 saturated heterocycles. The summed E-state index contributed by atoms with van der Waals surface area (Å²) in [6.07, 6.45) is 4.37. The number of nitrogens with zero attached hydrogens (tertiary/aromatic N) is 1. The molecule has 0 aliphatic rings. The molecule has 1 heterocycles. The lowest BCUT2D eigenvalue weighted by molar-refractivity contribution is 0.533. The van der Waals surface area contributed by atoms with E-state index < -0.39 is 0 Å². The molecule has 1 nitrogen and oxygen atoms in total. The molecular weight excluding hydrogens is 425 g/mol. The maximum absolute atomic E-state index is 6.28. The van der Waals surface area contributed by atoms with Gasteiger partial charge in [-0.1, -0.05) is 34.1 Å². The highest BCUT2D eigenvalue weighted by Gasteiger charge is 2.32. The Morgan fingerprint density at radius 1 is 1.05 bits per heavy atom. The van der Waals surface area contributed by atoms with Crippen LogP contribution in [0.3, 0.4) is 0 Å². The molecule has 1 aromatic carbocycles. The summed E-state index contributed by atoms with van der Waals surface area (Å²) in [5, 5.41) is 0. The Kier molecular flexibility index (Phi) is 5.91. The van der Waals surface area contributed by atoms with Crippen molar-refractivity contribution < 1.29 is 0 Å². The molecule has 0 spiro atoms. The molecule has 106 valence electrons. The van der Waals surface area contributed by atoms with E-state index in [9.17, 15) is 0 Å². The van der Waals surface area contributed by atoms with E-state index in [2.05, 4.69) is 49.0 Å². The van der Waals surface area contributed by atoms with Gasteiger partial charge in [0.1, 0.15) is 0 Å². The maximum atomic E-state index is 6.28. The average molecular weight is 438 g/mol. The minimum absolute atomic E-state index is 0.314. The minimum Gasteiger partial charge on any atom is -0.263 e. The Balaban J connectivity index is 2.42. The van der Waals surface area contributed by atoms with Crippen LogP contribution in [0, 0.1) is 0 Å². The highest BCUT2D eigenvalue weighted by atomic mass is 79.9. The van der Waals surface area contributed by atoms with Gasteiger partial charge in [0, 0.05) is 38.5 Å². The molecule has 0 aliphatic heterocycles. The van der Waals surface area contributed by atoms with Crippen LogP contribution in [0.1, 0.15) is 11.1 Å². The number of pyridine rings is 1. The number of halogens is 4. The lowest BCUT2D eigenvalue weighted by atomic mass is 9.79. The van der Waals surface area contributed by atoms with E-state index in [1.165, 1.54) is 0 Å². The quantitative estimate of drug-likeness (QED) is 0.557. The highest BCUT2D eigenvalue weighted by molar-refractivity contribution is 9.10. The molecule has 2 aromatic rings. The SMILES string of the molecule is ClCC(CCl)(Cc1cncc(Br)c1)c1ccccc1Br. The van der Waals surface area contributed by atoms with Gasteiger partial charge in [0.05, 0.1) is 0 Å². The predicted molar refractivity (Wildman–Crippen MR) is 92.9 cm³/mol. The lowest BCUT2D eigenvalue weighted by Gasteiger charge is -2.31. The van der Waals surface area contributed by atoms with Crippen molar-refractivity contribution in [1.29, 1.82) is 0 Å². The Hall–Kier alpha value is -0.0900. The second kappa shape index (κ2) is 7.26. The topological polar surface area (TPSA) is 12.9 Å². The molecule has 0 amide bonds. The summed E-state index contributed by atoms with van der Waals surface area (Å²) in [7, 11) is 0. The smallest absolute Gasteiger partial charge is 0.0410 e. The molecule has 0 saturated carbocycles. The van der Waals surface area contributed by atoms with Gasteiger partial charge in [0.2, 0.25) is 0 Å². The molecule has 2 rings (SSSR count). The fourth-order valence-corrected chi connectivity index (χ4v) is 4.08. The van der Waals surface area contributed by atoms with Crippen molar-refractivity contribution in [3.8, 4) is 0 Å². The van der Waals surface area contributed by atoms with Crippen molar-refractivity contribution in [3.05, 3.63) is 62.8 Å². The predicted octanol–water partition coefficient (Wildman–Crippen LogP) is 5.56. The van der Waals surface area contributed by atoms with Crippen molar-refractivity contribution in [3.63, 3.8) is 0 Å². The third-order valence-electron chi connectivity index (χ3n) is 3.26. The number of hydrogen-bond donors (Lipinski definition) is 0. The standard InChI is InChI=1S/C15H13Br2Cl2N/c16-12-5-11(7-20-8-12)6-15(9-18,10-19)13-3-1-2-4-14(13)17/h1-5,7-8H,6,9-10H2.